The van der Waals surface area contributed by atoms with Crippen LogP contribution in [0.3, 0.4) is 0 Å². The molecule has 0 bridgehead atoms. The first kappa shape index (κ1) is 22.9. The first-order valence-electron chi connectivity index (χ1n) is 10.4. The Balaban J connectivity index is 2.97. The van der Waals surface area contributed by atoms with Crippen molar-refractivity contribution in [3.8, 4) is 0 Å². The maximum atomic E-state index is 9.18. The Hall–Kier alpha value is -0.0800. The minimum absolute atomic E-state index is 0.140. The van der Waals surface area contributed by atoms with Gasteiger partial charge in [-0.3, -0.25) is 0 Å². The van der Waals surface area contributed by atoms with E-state index in [0.717, 1.165) is 12.8 Å². The van der Waals surface area contributed by atoms with E-state index in [1.54, 1.807) is 0 Å². The van der Waals surface area contributed by atoms with Gasteiger partial charge in [-0.25, -0.2) is 0 Å². The van der Waals surface area contributed by atoms with E-state index in [9.17, 15) is 5.11 Å². The van der Waals surface area contributed by atoms with Gasteiger partial charge in [0.1, 0.15) is 0 Å². The van der Waals surface area contributed by atoms with Gasteiger partial charge in [0.25, 0.3) is 0 Å². The van der Waals surface area contributed by atoms with E-state index in [0.29, 0.717) is 0 Å². The fraction of sp³-hybridized carbons (Fsp3) is 0.952. The smallest absolute Gasteiger partial charge is 0.0802 e. The average molecular weight is 328 g/mol. The topological polar surface area (TPSA) is 40.5 Å². The summed E-state index contributed by atoms with van der Waals surface area (Å²) < 4.78 is 0. The Kier molecular flexibility index (Phi) is 19.9. The highest BCUT2D eigenvalue weighted by Gasteiger charge is 2.01. The molecule has 0 rings (SSSR count). The molecule has 1 unspecified atom stereocenters. The van der Waals surface area contributed by atoms with Crippen LogP contribution in [0.4, 0.5) is 0 Å². The fourth-order valence-corrected chi connectivity index (χ4v) is 3.08. The summed E-state index contributed by atoms with van der Waals surface area (Å²) >= 11 is 0. The Labute approximate surface area is 146 Å². The average Bonchev–Trinajstić information content (AvgIpc) is 2.57. The lowest BCUT2D eigenvalue weighted by atomic mass is 10.0. The summed E-state index contributed by atoms with van der Waals surface area (Å²) in [6.45, 7) is 2.14. The summed E-state index contributed by atoms with van der Waals surface area (Å²) in [6, 6.07) is 0. The molecule has 0 aliphatic carbocycles. The zero-order valence-electron chi connectivity index (χ0n) is 15.8. The van der Waals surface area contributed by atoms with Crippen molar-refractivity contribution >= 4 is 0 Å². The highest BCUT2D eigenvalue weighted by Crippen LogP contribution is 2.14. The second-order valence-corrected chi connectivity index (χ2v) is 7.08. The highest BCUT2D eigenvalue weighted by molar-refractivity contribution is 4.73. The van der Waals surface area contributed by atoms with E-state index in [4.69, 9.17) is 5.11 Å². The third kappa shape index (κ3) is 19.9. The molecule has 0 aromatic carbocycles. The predicted octanol–water partition coefficient (Wildman–Crippen LogP) is 6.20. The van der Waals surface area contributed by atoms with E-state index in [2.05, 4.69) is 6.92 Å². The predicted molar refractivity (Wildman–Crippen MR) is 102 cm³/mol. The van der Waals surface area contributed by atoms with Crippen LogP contribution < -0.4 is 0 Å². The van der Waals surface area contributed by atoms with Crippen molar-refractivity contribution in [2.45, 2.75) is 122 Å². The Morgan fingerprint density at radius 3 is 1.30 bits per heavy atom. The number of hydrogen-bond donors (Lipinski definition) is 2. The Morgan fingerprint density at radius 2 is 0.957 bits per heavy atom. The van der Waals surface area contributed by atoms with Crippen LogP contribution >= 0.6 is 0 Å². The van der Waals surface area contributed by atoms with Crippen molar-refractivity contribution in [1.29, 1.82) is 0 Å². The van der Waals surface area contributed by atoms with E-state index in [1.165, 1.54) is 96.3 Å². The summed E-state index contributed by atoms with van der Waals surface area (Å²) in [5.74, 6) is 0. The van der Waals surface area contributed by atoms with Crippen LogP contribution in [0.5, 0.6) is 0 Å². The second kappa shape index (κ2) is 20.0. The first-order valence-corrected chi connectivity index (χ1v) is 10.4. The van der Waals surface area contributed by atoms with Crippen molar-refractivity contribution in [1.82, 2.24) is 0 Å². The molecular weight excluding hydrogens is 284 g/mol. The second-order valence-electron chi connectivity index (χ2n) is 7.08. The van der Waals surface area contributed by atoms with Gasteiger partial charge in [0.05, 0.1) is 12.7 Å². The van der Waals surface area contributed by atoms with E-state index < -0.39 is 6.10 Å². The largest absolute Gasteiger partial charge is 0.394 e. The molecule has 0 amide bonds. The summed E-state index contributed by atoms with van der Waals surface area (Å²) in [6.07, 6.45) is 24.3. The third-order valence-corrected chi connectivity index (χ3v) is 4.68. The van der Waals surface area contributed by atoms with Gasteiger partial charge in [-0.2, -0.15) is 0 Å². The molecule has 0 aromatic rings. The van der Waals surface area contributed by atoms with Crippen LogP contribution in [-0.2, 0) is 0 Å². The molecule has 0 aliphatic heterocycles. The maximum absolute atomic E-state index is 9.18. The van der Waals surface area contributed by atoms with E-state index in [1.807, 2.05) is 6.42 Å². The quantitative estimate of drug-likeness (QED) is 0.277. The van der Waals surface area contributed by atoms with Gasteiger partial charge in [0, 0.05) is 0 Å². The van der Waals surface area contributed by atoms with Crippen molar-refractivity contribution < 1.29 is 10.2 Å². The number of aliphatic hydroxyl groups is 2. The number of aliphatic hydroxyl groups excluding tert-OH is 2. The van der Waals surface area contributed by atoms with Crippen molar-refractivity contribution in [3.05, 3.63) is 6.42 Å². The molecule has 2 heteroatoms. The van der Waals surface area contributed by atoms with Crippen molar-refractivity contribution in [2.75, 3.05) is 6.61 Å². The van der Waals surface area contributed by atoms with Crippen molar-refractivity contribution in [2.24, 2.45) is 0 Å². The zero-order chi connectivity index (χ0) is 17.0. The monoisotopic (exact) mass is 327 g/mol. The van der Waals surface area contributed by atoms with Crippen LogP contribution in [-0.4, -0.2) is 22.9 Å². The van der Waals surface area contributed by atoms with Gasteiger partial charge < -0.3 is 10.2 Å². The Morgan fingerprint density at radius 1 is 0.609 bits per heavy atom. The molecule has 0 fully saturated rings. The van der Waals surface area contributed by atoms with Crippen LogP contribution in [0.25, 0.3) is 0 Å². The van der Waals surface area contributed by atoms with Gasteiger partial charge >= 0.3 is 0 Å². The fourth-order valence-electron chi connectivity index (χ4n) is 3.08. The molecule has 0 spiro atoms. The molecule has 2 nitrogen and oxygen atoms in total. The van der Waals surface area contributed by atoms with Crippen LogP contribution in [0.15, 0.2) is 0 Å². The Bertz CT molecular complexity index is 206. The van der Waals surface area contributed by atoms with Gasteiger partial charge in [-0.05, 0) is 12.8 Å². The van der Waals surface area contributed by atoms with Crippen LogP contribution in [0.2, 0.25) is 0 Å². The van der Waals surface area contributed by atoms with Gasteiger partial charge in [-0.1, -0.05) is 110 Å². The molecule has 139 valence electrons. The molecule has 0 aliphatic rings. The summed E-state index contributed by atoms with van der Waals surface area (Å²) in [7, 11) is 0. The summed E-state index contributed by atoms with van der Waals surface area (Å²) in [5.41, 5.74) is 0. The normalized spacial score (nSPS) is 12.7. The van der Waals surface area contributed by atoms with Crippen LogP contribution in [0.1, 0.15) is 116 Å². The van der Waals surface area contributed by atoms with Gasteiger partial charge in [-0.15, -0.1) is 0 Å². The first-order chi connectivity index (χ1) is 11.3. The molecule has 1 radical (unpaired) electrons. The van der Waals surface area contributed by atoms with E-state index >= 15 is 0 Å². The molecule has 0 saturated heterocycles. The summed E-state index contributed by atoms with van der Waals surface area (Å²) in [4.78, 5) is 0. The standard InChI is InChI=1S/C21H43O2/c1-2-3-4-5-6-7-8-9-10-11-12-13-14-15-16-17-18-19-21(23)20-22/h19,21-23H,2-18,20H2,1H3. The third-order valence-electron chi connectivity index (χ3n) is 4.68. The molecule has 0 saturated carbocycles. The summed E-state index contributed by atoms with van der Waals surface area (Å²) in [5, 5.41) is 17.9. The molecule has 2 N–H and O–H groups in total. The highest BCUT2D eigenvalue weighted by atomic mass is 16.3. The lowest BCUT2D eigenvalue weighted by molar-refractivity contribution is 0.116. The lowest BCUT2D eigenvalue weighted by Gasteiger charge is -2.06. The van der Waals surface area contributed by atoms with Gasteiger partial charge in [0.15, 0.2) is 0 Å². The number of hydrogen-bond acceptors (Lipinski definition) is 2. The molecular formula is C21H43O2. The van der Waals surface area contributed by atoms with Crippen molar-refractivity contribution in [3.63, 3.8) is 0 Å². The minimum Gasteiger partial charge on any atom is -0.394 e. The SMILES string of the molecule is CCCCCCCCCCCCCCCCCC[CH]C(O)CO. The number of rotatable bonds is 19. The lowest BCUT2D eigenvalue weighted by Crippen LogP contribution is -2.11. The van der Waals surface area contributed by atoms with Crippen LogP contribution in [0, 0.1) is 6.42 Å². The van der Waals surface area contributed by atoms with Gasteiger partial charge in [0.2, 0.25) is 0 Å². The minimum atomic E-state index is -0.619. The molecule has 0 aromatic heterocycles. The molecule has 1 atom stereocenters. The molecule has 23 heavy (non-hydrogen) atoms. The van der Waals surface area contributed by atoms with E-state index in [-0.39, 0.29) is 6.61 Å². The zero-order valence-corrected chi connectivity index (χ0v) is 15.8. The molecule has 0 heterocycles. The maximum Gasteiger partial charge on any atom is 0.0802 e. The number of unbranched alkanes of at least 4 members (excludes halogenated alkanes) is 16.